The molecule has 0 spiro atoms. The Hall–Kier alpha value is -0.560. The van der Waals surface area contributed by atoms with Crippen molar-refractivity contribution in [1.29, 1.82) is 0 Å². The lowest BCUT2D eigenvalue weighted by molar-refractivity contribution is 0.112. The van der Waals surface area contributed by atoms with E-state index in [2.05, 4.69) is 39.8 Å². The molecule has 0 amide bonds. The molecular formula is C15H24O. The standard InChI is InChI=1S/C15H24O/c1-10-9-12(6-8-14(10)16)13-7-5-11(2)15(13,3)4/h5-6,8,10,12-14,16H,7,9H2,1-4H3/t10?,12?,13?,14-/m0/s1. The molecular weight excluding hydrogens is 196 g/mol. The van der Waals surface area contributed by atoms with E-state index in [1.807, 2.05) is 6.08 Å². The van der Waals surface area contributed by atoms with E-state index in [-0.39, 0.29) is 6.10 Å². The second kappa shape index (κ2) is 4.03. The van der Waals surface area contributed by atoms with Crippen molar-refractivity contribution >= 4 is 0 Å². The van der Waals surface area contributed by atoms with E-state index in [0.717, 1.165) is 12.3 Å². The Labute approximate surface area is 99.3 Å². The van der Waals surface area contributed by atoms with Crippen molar-refractivity contribution in [3.63, 3.8) is 0 Å². The molecule has 0 saturated heterocycles. The van der Waals surface area contributed by atoms with E-state index in [4.69, 9.17) is 0 Å². The average Bonchev–Trinajstić information content (AvgIpc) is 2.47. The Kier molecular flexibility index (Phi) is 3.00. The minimum atomic E-state index is -0.227. The lowest BCUT2D eigenvalue weighted by atomic mass is 9.67. The summed E-state index contributed by atoms with van der Waals surface area (Å²) in [6.45, 7) is 9.13. The van der Waals surface area contributed by atoms with Crippen LogP contribution in [0.5, 0.6) is 0 Å². The summed E-state index contributed by atoms with van der Waals surface area (Å²) in [5, 5.41) is 9.72. The zero-order chi connectivity index (χ0) is 11.9. The number of hydrogen-bond acceptors (Lipinski definition) is 1. The summed E-state index contributed by atoms with van der Waals surface area (Å²) >= 11 is 0. The highest BCUT2D eigenvalue weighted by Gasteiger charge is 2.40. The Morgan fingerprint density at radius 3 is 2.50 bits per heavy atom. The van der Waals surface area contributed by atoms with Gasteiger partial charge in [0.15, 0.2) is 0 Å². The van der Waals surface area contributed by atoms with Crippen molar-refractivity contribution < 1.29 is 5.11 Å². The first-order chi connectivity index (χ1) is 7.43. The van der Waals surface area contributed by atoms with Gasteiger partial charge in [0.2, 0.25) is 0 Å². The highest BCUT2D eigenvalue weighted by atomic mass is 16.3. The van der Waals surface area contributed by atoms with Gasteiger partial charge in [-0.25, -0.2) is 0 Å². The monoisotopic (exact) mass is 220 g/mol. The molecule has 4 atom stereocenters. The first kappa shape index (κ1) is 11.9. The predicted octanol–water partition coefficient (Wildman–Crippen LogP) is 3.55. The van der Waals surface area contributed by atoms with Gasteiger partial charge in [-0.15, -0.1) is 0 Å². The third-order valence-corrected chi connectivity index (χ3v) is 4.92. The number of aliphatic hydroxyl groups excluding tert-OH is 1. The Morgan fingerprint density at radius 1 is 1.31 bits per heavy atom. The van der Waals surface area contributed by atoms with Crippen molar-refractivity contribution in [1.82, 2.24) is 0 Å². The zero-order valence-electron chi connectivity index (χ0n) is 10.9. The Morgan fingerprint density at radius 2 is 2.00 bits per heavy atom. The quantitative estimate of drug-likeness (QED) is 0.670. The number of aliphatic hydroxyl groups is 1. The fourth-order valence-corrected chi connectivity index (χ4v) is 3.26. The fraction of sp³-hybridized carbons (Fsp3) is 0.733. The molecule has 2 aliphatic carbocycles. The summed E-state index contributed by atoms with van der Waals surface area (Å²) in [4.78, 5) is 0. The van der Waals surface area contributed by atoms with Gasteiger partial charge in [-0.2, -0.15) is 0 Å². The van der Waals surface area contributed by atoms with Crippen molar-refractivity contribution in [2.24, 2.45) is 23.2 Å². The maximum Gasteiger partial charge on any atom is 0.0746 e. The molecule has 0 aromatic rings. The van der Waals surface area contributed by atoms with Gasteiger partial charge in [0.05, 0.1) is 6.10 Å². The third kappa shape index (κ3) is 1.86. The van der Waals surface area contributed by atoms with Gasteiger partial charge < -0.3 is 5.11 Å². The van der Waals surface area contributed by atoms with Crippen LogP contribution in [-0.4, -0.2) is 11.2 Å². The molecule has 1 heteroatoms. The minimum absolute atomic E-state index is 0.227. The molecule has 3 unspecified atom stereocenters. The highest BCUT2D eigenvalue weighted by molar-refractivity contribution is 5.21. The molecule has 0 heterocycles. The van der Waals surface area contributed by atoms with Crippen molar-refractivity contribution in [2.75, 3.05) is 0 Å². The second-order valence-electron chi connectivity index (χ2n) is 6.20. The van der Waals surface area contributed by atoms with E-state index >= 15 is 0 Å². The largest absolute Gasteiger partial charge is 0.389 e. The first-order valence-electron chi connectivity index (χ1n) is 6.46. The molecule has 16 heavy (non-hydrogen) atoms. The highest BCUT2D eigenvalue weighted by Crippen LogP contribution is 2.49. The molecule has 0 fully saturated rings. The molecule has 0 aliphatic heterocycles. The smallest absolute Gasteiger partial charge is 0.0746 e. The predicted molar refractivity (Wildman–Crippen MR) is 68.1 cm³/mol. The molecule has 0 radical (unpaired) electrons. The molecule has 1 nitrogen and oxygen atoms in total. The van der Waals surface area contributed by atoms with Crippen molar-refractivity contribution in [3.05, 3.63) is 23.8 Å². The summed E-state index contributed by atoms with van der Waals surface area (Å²) < 4.78 is 0. The number of rotatable bonds is 1. The van der Waals surface area contributed by atoms with Crippen LogP contribution in [0.3, 0.4) is 0 Å². The Balaban J connectivity index is 2.14. The van der Waals surface area contributed by atoms with Crippen LogP contribution in [0.25, 0.3) is 0 Å². The third-order valence-electron chi connectivity index (χ3n) is 4.92. The van der Waals surface area contributed by atoms with Crippen molar-refractivity contribution in [3.8, 4) is 0 Å². The van der Waals surface area contributed by atoms with Crippen molar-refractivity contribution in [2.45, 2.75) is 46.6 Å². The zero-order valence-corrected chi connectivity index (χ0v) is 10.9. The lowest BCUT2D eigenvalue weighted by Gasteiger charge is -2.38. The van der Waals surface area contributed by atoms with Crippen LogP contribution in [0.4, 0.5) is 0 Å². The minimum Gasteiger partial charge on any atom is -0.389 e. The second-order valence-corrected chi connectivity index (χ2v) is 6.20. The van der Waals surface area contributed by atoms with E-state index < -0.39 is 0 Å². The van der Waals surface area contributed by atoms with Gasteiger partial charge in [-0.05, 0) is 42.9 Å². The van der Waals surface area contributed by atoms with Gasteiger partial charge in [0.1, 0.15) is 0 Å². The van der Waals surface area contributed by atoms with Crippen LogP contribution in [0, 0.1) is 23.2 Å². The topological polar surface area (TPSA) is 20.2 Å². The SMILES string of the molecule is CC1=CCC(C2C=C[C@H](O)C(C)C2)C1(C)C. The molecule has 2 rings (SSSR count). The molecule has 0 aromatic heterocycles. The number of allylic oxidation sites excluding steroid dienone is 3. The molecule has 90 valence electrons. The molecule has 0 aromatic carbocycles. The average molecular weight is 220 g/mol. The first-order valence-corrected chi connectivity index (χ1v) is 6.46. The summed E-state index contributed by atoms with van der Waals surface area (Å²) in [5.41, 5.74) is 1.86. The lowest BCUT2D eigenvalue weighted by Crippen LogP contribution is -2.32. The molecule has 2 aliphatic rings. The summed E-state index contributed by atoms with van der Waals surface area (Å²) in [6.07, 6.45) is 8.76. The summed E-state index contributed by atoms with van der Waals surface area (Å²) in [5.74, 6) is 1.77. The maximum absolute atomic E-state index is 9.72. The summed E-state index contributed by atoms with van der Waals surface area (Å²) in [7, 11) is 0. The van der Waals surface area contributed by atoms with E-state index in [1.165, 1.54) is 12.0 Å². The van der Waals surface area contributed by atoms with Gasteiger partial charge >= 0.3 is 0 Å². The van der Waals surface area contributed by atoms with E-state index in [9.17, 15) is 5.11 Å². The normalized spacial score (nSPS) is 42.2. The Bertz CT molecular complexity index is 324. The summed E-state index contributed by atoms with van der Waals surface area (Å²) in [6, 6.07) is 0. The van der Waals surface area contributed by atoms with Gasteiger partial charge in [-0.3, -0.25) is 0 Å². The van der Waals surface area contributed by atoms with Crippen LogP contribution in [-0.2, 0) is 0 Å². The van der Waals surface area contributed by atoms with Crippen LogP contribution < -0.4 is 0 Å². The van der Waals surface area contributed by atoms with E-state index in [1.54, 1.807) is 0 Å². The van der Waals surface area contributed by atoms with Gasteiger partial charge in [-0.1, -0.05) is 44.6 Å². The molecule has 0 saturated carbocycles. The molecule has 1 N–H and O–H groups in total. The van der Waals surface area contributed by atoms with Crippen LogP contribution >= 0.6 is 0 Å². The number of hydrogen-bond donors (Lipinski definition) is 1. The van der Waals surface area contributed by atoms with Crippen LogP contribution in [0.1, 0.15) is 40.5 Å². The van der Waals surface area contributed by atoms with E-state index in [0.29, 0.717) is 17.3 Å². The van der Waals surface area contributed by atoms with Gasteiger partial charge in [0.25, 0.3) is 0 Å². The van der Waals surface area contributed by atoms with Crippen LogP contribution in [0.15, 0.2) is 23.8 Å². The fourth-order valence-electron chi connectivity index (χ4n) is 3.26. The maximum atomic E-state index is 9.72. The van der Waals surface area contributed by atoms with Crippen LogP contribution in [0.2, 0.25) is 0 Å². The molecule has 0 bridgehead atoms. The van der Waals surface area contributed by atoms with Gasteiger partial charge in [0, 0.05) is 0 Å².